The topological polar surface area (TPSA) is 94.7 Å². The number of rotatable bonds is 9. The van der Waals surface area contributed by atoms with Crippen molar-refractivity contribution in [3.05, 3.63) is 46.5 Å². The first-order chi connectivity index (χ1) is 19.2. The third-order valence-corrected chi connectivity index (χ3v) is 7.16. The number of methoxy groups -OCH3 is 1. The Morgan fingerprint density at radius 2 is 1.82 bits per heavy atom. The number of carbonyl (C=O) groups is 1. The molecule has 1 aliphatic carbocycles. The summed E-state index contributed by atoms with van der Waals surface area (Å²) in [6.45, 7) is 2.97. The molecular formula is C27H33F3N4O6+2. The highest BCUT2D eigenvalue weighted by Gasteiger charge is 2.41. The molecule has 40 heavy (non-hydrogen) atoms. The maximum atomic E-state index is 13.4. The zero-order valence-corrected chi connectivity index (χ0v) is 22.5. The first kappa shape index (κ1) is 29.2. The van der Waals surface area contributed by atoms with Crippen LogP contribution in [0.15, 0.2) is 36.0 Å². The van der Waals surface area contributed by atoms with Crippen LogP contribution in [-0.2, 0) is 25.3 Å². The second-order valence-electron chi connectivity index (χ2n) is 9.74. The fraction of sp³-hybridized carbons (Fsp3) is 0.556. The predicted octanol–water partition coefficient (Wildman–Crippen LogP) is 3.01. The van der Waals surface area contributed by atoms with Crippen LogP contribution < -0.4 is 9.40 Å². The van der Waals surface area contributed by atoms with Crippen LogP contribution in [0.1, 0.15) is 31.2 Å². The second-order valence-corrected chi connectivity index (χ2v) is 9.74. The maximum absolute atomic E-state index is 13.4. The number of piperazine rings is 1. The van der Waals surface area contributed by atoms with Crippen molar-refractivity contribution in [1.29, 1.82) is 0 Å². The van der Waals surface area contributed by atoms with Crippen LogP contribution in [0, 0.1) is 10.8 Å². The van der Waals surface area contributed by atoms with E-state index in [4.69, 9.17) is 14.2 Å². The van der Waals surface area contributed by atoms with Gasteiger partial charge in [-0.05, 0) is 49.8 Å². The molecule has 0 bridgehead atoms. The molecule has 0 radical (unpaired) electrons. The summed E-state index contributed by atoms with van der Waals surface area (Å²) in [4.78, 5) is 32.4. The molecule has 3 aliphatic rings. The molecule has 0 unspecified atom stereocenters. The molecule has 2 heterocycles. The molecule has 10 nitrogen and oxygen atoms in total. The van der Waals surface area contributed by atoms with Gasteiger partial charge in [-0.15, -0.1) is 0 Å². The number of hydrogen-bond acceptors (Lipinski definition) is 7. The number of halogens is 3. The zero-order chi connectivity index (χ0) is 28.7. The molecule has 2 fully saturated rings. The van der Waals surface area contributed by atoms with E-state index < -0.39 is 17.4 Å². The lowest BCUT2D eigenvalue weighted by Crippen LogP contribution is -2.49. The van der Waals surface area contributed by atoms with Crippen LogP contribution in [0.4, 0.5) is 18.9 Å². The molecule has 2 aliphatic heterocycles. The number of nitrogens with zero attached hydrogens (tertiary/aromatic N) is 4. The second kappa shape index (κ2) is 13.0. The fourth-order valence-electron chi connectivity index (χ4n) is 4.91. The van der Waals surface area contributed by atoms with E-state index in [0.717, 1.165) is 37.8 Å². The average molecular weight is 567 g/mol. The molecule has 4 rings (SSSR count). The molecular weight excluding hydrogens is 533 g/mol. The summed E-state index contributed by atoms with van der Waals surface area (Å²) in [6, 6.07) is 3.20. The molecule has 1 saturated carbocycles. The first-order valence-corrected chi connectivity index (χ1v) is 13.1. The fourth-order valence-corrected chi connectivity index (χ4v) is 4.91. The van der Waals surface area contributed by atoms with Gasteiger partial charge < -0.3 is 24.0 Å². The lowest BCUT2D eigenvalue weighted by molar-refractivity contribution is -0.737. The summed E-state index contributed by atoms with van der Waals surface area (Å²) in [5, 5.41) is 0. The molecule has 1 aromatic carbocycles. The summed E-state index contributed by atoms with van der Waals surface area (Å²) in [5.41, 5.74) is -0.888. The highest BCUT2D eigenvalue weighted by Crippen LogP contribution is 2.39. The summed E-state index contributed by atoms with van der Waals surface area (Å²) in [6.07, 6.45) is 1.53. The molecule has 0 aromatic heterocycles. The van der Waals surface area contributed by atoms with Gasteiger partial charge in [-0.3, -0.25) is 4.79 Å². The Morgan fingerprint density at radius 3 is 2.42 bits per heavy atom. The predicted molar refractivity (Wildman–Crippen MR) is 139 cm³/mol. The van der Waals surface area contributed by atoms with Crippen LogP contribution in [0.3, 0.4) is 0 Å². The maximum Gasteiger partial charge on any atom is 0.500 e. The minimum Gasteiger partial charge on any atom is -0.490 e. The molecule has 0 N–H and O–H groups in total. The van der Waals surface area contributed by atoms with Crippen molar-refractivity contribution in [3.8, 4) is 5.75 Å². The number of hydrogen-bond donors (Lipinski definition) is 0. The highest BCUT2D eigenvalue weighted by molar-refractivity contribution is 5.91. The van der Waals surface area contributed by atoms with Gasteiger partial charge in [0.25, 0.3) is 4.92 Å². The first-order valence-electron chi connectivity index (χ1n) is 13.1. The molecule has 1 amide bonds. The Kier molecular flexibility index (Phi) is 9.52. The SMILES string of the molecule is COC1=[N+]=C=C(N2CCN(C(=O)COCC3CCC(Oc4ccc([N+](=O)OC)c(C(F)(F)F)c4)CC3)CC2)C=C1. The molecule has 1 aromatic rings. The Balaban J connectivity index is 1.17. The molecule has 13 heteroatoms. The smallest absolute Gasteiger partial charge is 0.490 e. The van der Waals surface area contributed by atoms with Crippen molar-refractivity contribution in [2.75, 3.05) is 53.6 Å². The summed E-state index contributed by atoms with van der Waals surface area (Å²) >= 11 is 0. The van der Waals surface area contributed by atoms with Crippen LogP contribution in [0.25, 0.3) is 0 Å². The Morgan fingerprint density at radius 1 is 1.10 bits per heavy atom. The summed E-state index contributed by atoms with van der Waals surface area (Å²) < 4.78 is 61.0. The number of allylic oxidation sites excluding steroid dienone is 1. The lowest BCUT2D eigenvalue weighted by atomic mass is 9.88. The van der Waals surface area contributed by atoms with Gasteiger partial charge in [0.15, 0.2) is 12.8 Å². The number of carbonyl (C=O) groups excluding carboxylic acids is 1. The van der Waals surface area contributed by atoms with Gasteiger partial charge in [0.1, 0.15) is 17.9 Å². The monoisotopic (exact) mass is 566 g/mol. The number of ether oxygens (including phenoxy) is 3. The standard InChI is InChI=1S/C27H33F3N4O6/c1-37-25-10-5-20(16-31-25)32-11-13-33(14-12-32)26(35)18-39-17-19-3-6-21(7-4-19)40-22-8-9-24(34(36)38-2)23(15-22)27(28,29)30/h5,8-10,15,19,21H,3-4,6-7,11-14,17-18H2,1-2H3/q+2. The van der Waals surface area contributed by atoms with Gasteiger partial charge >= 0.3 is 23.6 Å². The van der Waals surface area contributed by atoms with E-state index in [0.29, 0.717) is 51.5 Å². The minimum atomic E-state index is -4.73. The van der Waals surface area contributed by atoms with Gasteiger partial charge in [0.2, 0.25) is 5.91 Å². The summed E-state index contributed by atoms with van der Waals surface area (Å²) in [7, 11) is 2.55. The average Bonchev–Trinajstić information content (AvgIpc) is 2.97. The van der Waals surface area contributed by atoms with Crippen molar-refractivity contribution in [2.45, 2.75) is 38.0 Å². The van der Waals surface area contributed by atoms with Gasteiger partial charge in [-0.25, -0.2) is 4.84 Å². The highest BCUT2D eigenvalue weighted by atomic mass is 19.4. The van der Waals surface area contributed by atoms with Crippen molar-refractivity contribution in [3.63, 3.8) is 0 Å². The van der Waals surface area contributed by atoms with Crippen LogP contribution in [0.5, 0.6) is 5.75 Å². The Labute approximate surface area is 229 Å². The van der Waals surface area contributed by atoms with E-state index in [-0.39, 0.29) is 35.2 Å². The normalized spacial score (nSPS) is 21.0. The van der Waals surface area contributed by atoms with Gasteiger partial charge in [0, 0.05) is 36.9 Å². The van der Waals surface area contributed by atoms with E-state index in [1.807, 2.05) is 6.08 Å². The number of alkyl halides is 3. The van der Waals surface area contributed by atoms with E-state index in [9.17, 15) is 22.9 Å². The van der Waals surface area contributed by atoms with E-state index in [1.54, 1.807) is 18.1 Å². The summed E-state index contributed by atoms with van der Waals surface area (Å²) in [5.74, 6) is 3.69. The third kappa shape index (κ3) is 7.44. The molecule has 216 valence electrons. The molecule has 0 spiro atoms. The quantitative estimate of drug-likeness (QED) is 0.335. The van der Waals surface area contributed by atoms with Crippen molar-refractivity contribution in [2.24, 2.45) is 5.92 Å². The van der Waals surface area contributed by atoms with E-state index in [2.05, 4.69) is 20.3 Å². The Hall–Kier alpha value is -3.79. The number of amides is 1. The zero-order valence-electron chi connectivity index (χ0n) is 22.5. The van der Waals surface area contributed by atoms with Crippen molar-refractivity contribution < 1.29 is 41.9 Å². The van der Waals surface area contributed by atoms with Crippen molar-refractivity contribution in [1.82, 2.24) is 14.5 Å². The van der Waals surface area contributed by atoms with Gasteiger partial charge in [0.05, 0.1) is 30.8 Å². The minimum absolute atomic E-state index is 0.0113. The third-order valence-electron chi connectivity index (χ3n) is 7.16. The Bertz CT molecular complexity index is 1220. The van der Waals surface area contributed by atoms with E-state index in [1.165, 1.54) is 6.07 Å². The van der Waals surface area contributed by atoms with Crippen LogP contribution in [0.2, 0.25) is 0 Å². The largest absolute Gasteiger partial charge is 0.500 e. The van der Waals surface area contributed by atoms with E-state index >= 15 is 0 Å². The van der Waals surface area contributed by atoms with Crippen LogP contribution in [-0.4, -0.2) is 92.1 Å². The van der Waals surface area contributed by atoms with Crippen LogP contribution >= 0.6 is 0 Å². The van der Waals surface area contributed by atoms with Gasteiger partial charge in [-0.1, -0.05) is 0 Å². The number of benzene rings is 1. The van der Waals surface area contributed by atoms with Gasteiger partial charge in [-0.2, -0.15) is 13.2 Å². The molecule has 0 atom stereocenters. The van der Waals surface area contributed by atoms with Crippen molar-refractivity contribution >= 4 is 23.4 Å². The lowest BCUT2D eigenvalue weighted by Gasteiger charge is -2.35. The molecule has 1 saturated heterocycles.